The van der Waals surface area contributed by atoms with E-state index in [1.165, 1.54) is 0 Å². The highest BCUT2D eigenvalue weighted by Gasteiger charge is 2.24. The molecule has 0 bridgehead atoms. The van der Waals surface area contributed by atoms with Gasteiger partial charge in [-0.25, -0.2) is 4.79 Å². The van der Waals surface area contributed by atoms with Gasteiger partial charge in [-0.3, -0.25) is 9.59 Å². The van der Waals surface area contributed by atoms with Crippen LogP contribution in [0.15, 0.2) is 24.3 Å². The molecule has 1 saturated heterocycles. The second kappa shape index (κ2) is 9.20. The summed E-state index contributed by atoms with van der Waals surface area (Å²) in [5, 5.41) is 2.96. The molecule has 1 aromatic carbocycles. The lowest BCUT2D eigenvalue weighted by Gasteiger charge is -2.31. The van der Waals surface area contributed by atoms with Gasteiger partial charge in [-0.2, -0.15) is 0 Å². The molecule has 1 aromatic rings. The van der Waals surface area contributed by atoms with Gasteiger partial charge in [0.1, 0.15) is 0 Å². The monoisotopic (exact) mass is 346 g/mol. The van der Waals surface area contributed by atoms with E-state index in [2.05, 4.69) is 5.32 Å². The molecule has 1 N–H and O–H groups in total. The van der Waals surface area contributed by atoms with Crippen LogP contribution in [0, 0.1) is 6.92 Å². The second-order valence-electron chi connectivity index (χ2n) is 6.27. The minimum atomic E-state index is -0.295. The maximum absolute atomic E-state index is 12.2. The topological polar surface area (TPSA) is 75.7 Å². The van der Waals surface area contributed by atoms with Gasteiger partial charge in [0.2, 0.25) is 5.91 Å². The van der Waals surface area contributed by atoms with Gasteiger partial charge >= 0.3 is 6.09 Å². The summed E-state index contributed by atoms with van der Waals surface area (Å²) in [5.41, 5.74) is 1.61. The van der Waals surface area contributed by atoms with Crippen molar-refractivity contribution in [2.75, 3.05) is 19.7 Å². The molecule has 1 heterocycles. The van der Waals surface area contributed by atoms with Crippen LogP contribution in [0.25, 0.3) is 0 Å². The zero-order valence-corrected chi connectivity index (χ0v) is 14.9. The minimum absolute atomic E-state index is 0.00891. The molecule has 1 fully saturated rings. The molecule has 6 nitrogen and oxygen atoms in total. The van der Waals surface area contributed by atoms with E-state index in [0.29, 0.717) is 38.1 Å². The van der Waals surface area contributed by atoms with Crippen molar-refractivity contribution >= 4 is 17.8 Å². The third-order valence-electron chi connectivity index (χ3n) is 4.41. The lowest BCUT2D eigenvalue weighted by molar-refractivity contribution is -0.122. The Labute approximate surface area is 148 Å². The molecular weight excluding hydrogens is 320 g/mol. The molecule has 0 aliphatic carbocycles. The molecule has 1 aliphatic heterocycles. The fourth-order valence-electron chi connectivity index (χ4n) is 2.97. The zero-order chi connectivity index (χ0) is 18.2. The van der Waals surface area contributed by atoms with Gasteiger partial charge in [-0.1, -0.05) is 24.3 Å². The molecule has 0 spiro atoms. The molecule has 0 saturated carbocycles. The first-order valence-corrected chi connectivity index (χ1v) is 8.81. The second-order valence-corrected chi connectivity index (χ2v) is 6.27. The average Bonchev–Trinajstić information content (AvgIpc) is 2.61. The van der Waals surface area contributed by atoms with Crippen LogP contribution in [0.4, 0.5) is 4.79 Å². The number of Topliss-reactive ketones (excluding diaryl/α,β-unsaturated/α-hetero) is 1. The molecule has 2 amide bonds. The van der Waals surface area contributed by atoms with Crippen molar-refractivity contribution in [1.29, 1.82) is 0 Å². The van der Waals surface area contributed by atoms with E-state index in [-0.39, 0.29) is 36.7 Å². The Hall–Kier alpha value is -2.37. The summed E-state index contributed by atoms with van der Waals surface area (Å²) < 4.78 is 4.98. The number of ketones is 1. The van der Waals surface area contributed by atoms with E-state index in [0.717, 1.165) is 5.56 Å². The molecule has 1 aliphatic rings. The van der Waals surface area contributed by atoms with Crippen LogP contribution in [-0.4, -0.2) is 48.4 Å². The molecule has 0 unspecified atom stereocenters. The van der Waals surface area contributed by atoms with Crippen LogP contribution in [0.5, 0.6) is 0 Å². The Morgan fingerprint density at radius 2 is 1.84 bits per heavy atom. The van der Waals surface area contributed by atoms with Crippen LogP contribution in [0.1, 0.15) is 48.5 Å². The fourth-order valence-corrected chi connectivity index (χ4v) is 2.97. The van der Waals surface area contributed by atoms with E-state index >= 15 is 0 Å². The van der Waals surface area contributed by atoms with Gasteiger partial charge < -0.3 is 15.0 Å². The van der Waals surface area contributed by atoms with Gasteiger partial charge in [0.15, 0.2) is 5.78 Å². The number of ether oxygens (including phenoxy) is 1. The molecule has 0 aromatic heterocycles. The molecule has 6 heteroatoms. The predicted octanol–water partition coefficient (Wildman–Crippen LogP) is 2.70. The summed E-state index contributed by atoms with van der Waals surface area (Å²) in [7, 11) is 0. The van der Waals surface area contributed by atoms with Gasteiger partial charge in [0.25, 0.3) is 0 Å². The Morgan fingerprint density at radius 1 is 1.16 bits per heavy atom. The van der Waals surface area contributed by atoms with Crippen LogP contribution in [0.3, 0.4) is 0 Å². The van der Waals surface area contributed by atoms with Crippen molar-refractivity contribution in [3.8, 4) is 0 Å². The number of carbonyl (C=O) groups is 3. The fraction of sp³-hybridized carbons (Fsp3) is 0.526. The van der Waals surface area contributed by atoms with Crippen molar-refractivity contribution < 1.29 is 19.1 Å². The summed E-state index contributed by atoms with van der Waals surface area (Å²) in [5.74, 6) is -0.123. The number of rotatable bonds is 6. The Kier molecular flexibility index (Phi) is 6.98. The molecular formula is C19H26N2O4. The number of hydrogen-bond acceptors (Lipinski definition) is 4. The van der Waals surface area contributed by atoms with Crippen LogP contribution < -0.4 is 5.32 Å². The lowest BCUT2D eigenvalue weighted by atomic mass is 10.0. The van der Waals surface area contributed by atoms with Crippen molar-refractivity contribution in [1.82, 2.24) is 10.2 Å². The van der Waals surface area contributed by atoms with Gasteiger partial charge in [-0.15, -0.1) is 0 Å². The summed E-state index contributed by atoms with van der Waals surface area (Å²) >= 11 is 0. The maximum Gasteiger partial charge on any atom is 0.409 e. The Balaban J connectivity index is 1.72. The molecule has 136 valence electrons. The normalized spacial score (nSPS) is 14.9. The van der Waals surface area contributed by atoms with Gasteiger partial charge in [-0.05, 0) is 32.3 Å². The van der Waals surface area contributed by atoms with Gasteiger partial charge in [0.05, 0.1) is 6.61 Å². The molecule has 0 atom stereocenters. The lowest BCUT2D eigenvalue weighted by Crippen LogP contribution is -2.46. The predicted molar refractivity (Wildman–Crippen MR) is 94.5 cm³/mol. The maximum atomic E-state index is 12.2. The van der Waals surface area contributed by atoms with Crippen LogP contribution >= 0.6 is 0 Å². The number of aryl methyl sites for hydroxylation is 1. The van der Waals surface area contributed by atoms with Crippen LogP contribution in [-0.2, 0) is 9.53 Å². The number of carbonyl (C=O) groups excluding carboxylic acids is 3. The summed E-state index contributed by atoms with van der Waals surface area (Å²) in [6.07, 6.45) is 1.51. The zero-order valence-electron chi connectivity index (χ0n) is 14.9. The third kappa shape index (κ3) is 5.59. The number of amides is 2. The molecule has 25 heavy (non-hydrogen) atoms. The SMILES string of the molecule is CCOC(=O)N1CCC(NC(=O)CCC(=O)c2ccccc2C)CC1. The molecule has 2 rings (SSSR count). The highest BCUT2D eigenvalue weighted by molar-refractivity contribution is 5.99. The largest absolute Gasteiger partial charge is 0.450 e. The quantitative estimate of drug-likeness (QED) is 0.804. The number of benzene rings is 1. The Bertz CT molecular complexity index is 622. The van der Waals surface area contributed by atoms with E-state index in [1.807, 2.05) is 25.1 Å². The first kappa shape index (κ1) is 19.0. The smallest absolute Gasteiger partial charge is 0.409 e. The summed E-state index contributed by atoms with van der Waals surface area (Å²) in [4.78, 5) is 37.6. The minimum Gasteiger partial charge on any atom is -0.450 e. The van der Waals surface area contributed by atoms with E-state index in [1.54, 1.807) is 17.9 Å². The van der Waals surface area contributed by atoms with E-state index < -0.39 is 0 Å². The van der Waals surface area contributed by atoms with Crippen molar-refractivity contribution in [2.24, 2.45) is 0 Å². The highest BCUT2D eigenvalue weighted by atomic mass is 16.6. The number of nitrogens with zero attached hydrogens (tertiary/aromatic N) is 1. The number of likely N-dealkylation sites (tertiary alicyclic amines) is 1. The van der Waals surface area contributed by atoms with Crippen molar-refractivity contribution in [2.45, 2.75) is 45.6 Å². The van der Waals surface area contributed by atoms with E-state index in [9.17, 15) is 14.4 Å². The summed E-state index contributed by atoms with van der Waals surface area (Å²) in [6, 6.07) is 7.46. The summed E-state index contributed by atoms with van der Waals surface area (Å²) in [6.45, 7) is 5.19. The number of piperidine rings is 1. The Morgan fingerprint density at radius 3 is 2.48 bits per heavy atom. The first-order chi connectivity index (χ1) is 12.0. The van der Waals surface area contributed by atoms with Crippen molar-refractivity contribution in [3.05, 3.63) is 35.4 Å². The number of nitrogens with one attached hydrogen (secondary N) is 1. The molecule has 0 radical (unpaired) electrons. The van der Waals surface area contributed by atoms with Crippen molar-refractivity contribution in [3.63, 3.8) is 0 Å². The third-order valence-corrected chi connectivity index (χ3v) is 4.41. The number of hydrogen-bond donors (Lipinski definition) is 1. The van der Waals surface area contributed by atoms with Crippen LogP contribution in [0.2, 0.25) is 0 Å². The first-order valence-electron chi connectivity index (χ1n) is 8.81. The standard InChI is InChI=1S/C19H26N2O4/c1-3-25-19(24)21-12-10-15(11-13-21)20-18(23)9-8-17(22)16-7-5-4-6-14(16)2/h4-7,15H,3,8-13H2,1-2H3,(H,20,23). The highest BCUT2D eigenvalue weighted by Crippen LogP contribution is 2.13. The van der Waals surface area contributed by atoms with Gasteiger partial charge in [0, 0.05) is 37.5 Å². The average molecular weight is 346 g/mol. The van der Waals surface area contributed by atoms with E-state index in [4.69, 9.17) is 4.74 Å².